The number of rotatable bonds is 8. The Bertz CT molecular complexity index is 1830. The minimum Gasteiger partial charge on any atom is -0.496 e. The number of fused-ring (bicyclic) bond motifs is 1. The number of nitrogens with one attached hydrogen (secondary N) is 3. The van der Waals surface area contributed by atoms with Crippen molar-refractivity contribution in [3.63, 3.8) is 0 Å². The van der Waals surface area contributed by atoms with E-state index in [1.807, 2.05) is 36.7 Å². The Hall–Kier alpha value is -4.87. The zero-order valence-electron chi connectivity index (χ0n) is 25.0. The number of likely N-dealkylation sites (tertiary alicyclic amines) is 1. The summed E-state index contributed by atoms with van der Waals surface area (Å²) in [5.74, 6) is 0.271. The van der Waals surface area contributed by atoms with Gasteiger partial charge in [0.1, 0.15) is 11.6 Å². The van der Waals surface area contributed by atoms with Crippen molar-refractivity contribution in [3.05, 3.63) is 89.5 Å². The number of hydrogen-bond donors (Lipinski definition) is 4. The number of nitrogen functional groups attached to an aromatic ring is 1. The van der Waals surface area contributed by atoms with E-state index in [1.165, 1.54) is 24.8 Å². The molecule has 10 nitrogen and oxygen atoms in total. The predicted octanol–water partition coefficient (Wildman–Crippen LogP) is 4.50. The highest BCUT2D eigenvalue weighted by molar-refractivity contribution is 6.05. The number of pyridine rings is 2. The Balaban J connectivity index is 1.06. The van der Waals surface area contributed by atoms with Gasteiger partial charge in [-0.2, -0.15) is 5.10 Å². The molecule has 5 N–H and O–H groups in total. The molecule has 11 heteroatoms. The van der Waals surface area contributed by atoms with Crippen LogP contribution in [0.5, 0.6) is 5.75 Å². The maximum atomic E-state index is 13.7. The van der Waals surface area contributed by atoms with Gasteiger partial charge in [-0.3, -0.25) is 24.8 Å². The van der Waals surface area contributed by atoms with E-state index in [2.05, 4.69) is 37.9 Å². The monoisotopic (exact) mass is 606 g/mol. The molecule has 0 unspecified atom stereocenters. The highest BCUT2D eigenvalue weighted by atomic mass is 19.1. The number of amides is 1. The van der Waals surface area contributed by atoms with Crippen molar-refractivity contribution in [2.75, 3.05) is 39.0 Å². The number of anilines is 1. The van der Waals surface area contributed by atoms with Crippen LogP contribution in [0.25, 0.3) is 33.4 Å². The van der Waals surface area contributed by atoms with E-state index >= 15 is 0 Å². The maximum Gasteiger partial charge on any atom is 0.255 e. The van der Waals surface area contributed by atoms with E-state index in [4.69, 9.17) is 20.4 Å². The average Bonchev–Trinajstić information content (AvgIpc) is 3.44. The van der Waals surface area contributed by atoms with Crippen LogP contribution in [-0.4, -0.2) is 70.3 Å². The molecule has 2 saturated heterocycles. The standard InChI is InChI=1S/C34H35FN8O2/c1-45-29-9-7-24(35)14-26(29)34(44)40-15-20-2-4-22(5-3-20)31-30-32(41-42-33(30)36)27(19-39-31)28-8-6-23(16-38-28)21-10-12-43(13-11-21)25-17-37-18-25/h2-9,14,16,19,21,25,37H,10-13,15,17-18H2,1H3,(H,40,44)(H3,36,41,42). The highest BCUT2D eigenvalue weighted by Gasteiger charge is 2.29. The first-order valence-corrected chi connectivity index (χ1v) is 15.2. The normalized spacial score (nSPS) is 16.0. The lowest BCUT2D eigenvalue weighted by atomic mass is 9.89. The van der Waals surface area contributed by atoms with Gasteiger partial charge in [-0.25, -0.2) is 4.39 Å². The minimum atomic E-state index is -0.505. The fraction of sp³-hybridized carbons (Fsp3) is 0.294. The predicted molar refractivity (Wildman–Crippen MR) is 171 cm³/mol. The Morgan fingerprint density at radius 1 is 1.07 bits per heavy atom. The molecule has 2 aromatic carbocycles. The summed E-state index contributed by atoms with van der Waals surface area (Å²) in [5.41, 5.74) is 12.6. The van der Waals surface area contributed by atoms with Crippen LogP contribution < -0.4 is 21.1 Å². The third kappa shape index (κ3) is 5.72. The van der Waals surface area contributed by atoms with Gasteiger partial charge in [-0.15, -0.1) is 0 Å². The number of nitrogens with zero attached hydrogens (tertiary/aromatic N) is 4. The Labute approximate surface area is 260 Å². The molecular weight excluding hydrogens is 571 g/mol. The largest absolute Gasteiger partial charge is 0.496 e. The molecule has 1 amide bonds. The van der Waals surface area contributed by atoms with Gasteiger partial charge in [0, 0.05) is 49.2 Å². The molecule has 0 radical (unpaired) electrons. The summed E-state index contributed by atoms with van der Waals surface area (Å²) in [7, 11) is 1.44. The Morgan fingerprint density at radius 3 is 2.56 bits per heavy atom. The van der Waals surface area contributed by atoms with E-state index < -0.39 is 11.7 Å². The molecule has 0 saturated carbocycles. The summed E-state index contributed by atoms with van der Waals surface area (Å²) < 4.78 is 18.9. The maximum absolute atomic E-state index is 13.7. The van der Waals surface area contributed by atoms with E-state index in [9.17, 15) is 9.18 Å². The van der Waals surface area contributed by atoms with Crippen molar-refractivity contribution in [2.45, 2.75) is 31.3 Å². The van der Waals surface area contributed by atoms with Crippen molar-refractivity contribution < 1.29 is 13.9 Å². The first-order chi connectivity index (χ1) is 22.0. The number of carbonyl (C=O) groups excluding carboxylic acids is 1. The molecule has 45 heavy (non-hydrogen) atoms. The summed E-state index contributed by atoms with van der Waals surface area (Å²) >= 11 is 0. The first-order valence-electron chi connectivity index (χ1n) is 15.2. The van der Waals surface area contributed by atoms with Gasteiger partial charge in [0.2, 0.25) is 0 Å². The topological polar surface area (TPSA) is 134 Å². The van der Waals surface area contributed by atoms with Crippen molar-refractivity contribution in [1.29, 1.82) is 0 Å². The number of nitrogens with two attached hydrogens (primary N) is 1. The number of piperidine rings is 1. The number of H-pyrrole nitrogens is 1. The van der Waals surface area contributed by atoms with Crippen LogP contribution >= 0.6 is 0 Å². The van der Waals surface area contributed by atoms with Crippen LogP contribution in [0, 0.1) is 5.82 Å². The number of halogens is 1. The number of ether oxygens (including phenoxy) is 1. The van der Waals surface area contributed by atoms with E-state index in [1.54, 1.807) is 0 Å². The van der Waals surface area contributed by atoms with Gasteiger partial charge >= 0.3 is 0 Å². The lowest BCUT2D eigenvalue weighted by molar-refractivity contribution is 0.0947. The lowest BCUT2D eigenvalue weighted by Gasteiger charge is -2.42. The SMILES string of the molecule is COc1ccc(F)cc1C(=O)NCc1ccc(-c2ncc(-c3ccc(C4CCN(C5CNC5)CC4)cn3)c3[nH]nc(N)c23)cc1. The number of methoxy groups -OCH3 is 1. The van der Waals surface area contributed by atoms with E-state index in [0.29, 0.717) is 29.2 Å². The molecule has 230 valence electrons. The number of aromatic amines is 1. The van der Waals surface area contributed by atoms with Gasteiger partial charge in [0.15, 0.2) is 5.82 Å². The van der Waals surface area contributed by atoms with Gasteiger partial charge in [0.25, 0.3) is 5.91 Å². The third-order valence-electron chi connectivity index (χ3n) is 9.05. The smallest absolute Gasteiger partial charge is 0.255 e. The van der Waals surface area contributed by atoms with Crippen LogP contribution in [0.15, 0.2) is 67.0 Å². The molecule has 7 rings (SSSR count). The molecule has 0 bridgehead atoms. The van der Waals surface area contributed by atoms with E-state index in [-0.39, 0.29) is 12.1 Å². The van der Waals surface area contributed by atoms with Crippen molar-refractivity contribution in [3.8, 4) is 28.3 Å². The summed E-state index contributed by atoms with van der Waals surface area (Å²) in [6.45, 7) is 4.75. The number of aromatic nitrogens is 4. The van der Waals surface area contributed by atoms with E-state index in [0.717, 1.165) is 78.4 Å². The molecule has 0 atom stereocenters. The second kappa shape index (κ2) is 12.3. The van der Waals surface area contributed by atoms with Crippen molar-refractivity contribution in [2.24, 2.45) is 0 Å². The van der Waals surface area contributed by atoms with Crippen molar-refractivity contribution in [1.82, 2.24) is 35.7 Å². The Morgan fingerprint density at radius 2 is 1.87 bits per heavy atom. The summed E-state index contributed by atoms with van der Waals surface area (Å²) in [5, 5.41) is 14.3. The summed E-state index contributed by atoms with van der Waals surface area (Å²) in [6.07, 6.45) is 6.12. The zero-order valence-corrected chi connectivity index (χ0v) is 25.0. The molecule has 2 aliphatic heterocycles. The molecular formula is C34H35FN8O2. The lowest BCUT2D eigenvalue weighted by Crippen LogP contribution is -2.58. The molecule has 2 aliphatic rings. The highest BCUT2D eigenvalue weighted by Crippen LogP contribution is 2.36. The van der Waals surface area contributed by atoms with Crippen LogP contribution in [0.4, 0.5) is 10.2 Å². The molecule has 5 heterocycles. The van der Waals surface area contributed by atoms with Crippen LogP contribution in [0.2, 0.25) is 0 Å². The number of benzene rings is 2. The van der Waals surface area contributed by atoms with Crippen LogP contribution in [0.1, 0.15) is 40.2 Å². The summed E-state index contributed by atoms with van der Waals surface area (Å²) in [6, 6.07) is 16.5. The first kappa shape index (κ1) is 28.9. The third-order valence-corrected chi connectivity index (χ3v) is 9.05. The van der Waals surface area contributed by atoms with Gasteiger partial charge in [-0.1, -0.05) is 30.3 Å². The minimum absolute atomic E-state index is 0.142. The van der Waals surface area contributed by atoms with Gasteiger partial charge in [-0.05, 0) is 67.2 Å². The molecule has 0 spiro atoms. The average molecular weight is 607 g/mol. The van der Waals surface area contributed by atoms with Gasteiger partial charge in [0.05, 0.1) is 35.0 Å². The number of hydrogen-bond acceptors (Lipinski definition) is 8. The van der Waals surface area contributed by atoms with Gasteiger partial charge < -0.3 is 21.1 Å². The fourth-order valence-electron chi connectivity index (χ4n) is 6.31. The zero-order chi connectivity index (χ0) is 30.9. The molecule has 3 aromatic heterocycles. The second-order valence-electron chi connectivity index (χ2n) is 11.7. The quantitative estimate of drug-likeness (QED) is 0.203. The second-order valence-corrected chi connectivity index (χ2v) is 11.7. The van der Waals surface area contributed by atoms with Crippen LogP contribution in [0.3, 0.4) is 0 Å². The van der Waals surface area contributed by atoms with Crippen molar-refractivity contribution >= 4 is 22.6 Å². The molecule has 0 aliphatic carbocycles. The Kier molecular flexibility index (Phi) is 7.86. The summed E-state index contributed by atoms with van der Waals surface area (Å²) in [4.78, 5) is 24.9. The fourth-order valence-corrected chi connectivity index (χ4v) is 6.31. The van der Waals surface area contributed by atoms with Crippen LogP contribution in [-0.2, 0) is 6.54 Å². The molecule has 5 aromatic rings. The number of carbonyl (C=O) groups is 1. The molecule has 2 fully saturated rings.